The van der Waals surface area contributed by atoms with Crippen LogP contribution in [0.2, 0.25) is 0 Å². The van der Waals surface area contributed by atoms with Gasteiger partial charge in [0.1, 0.15) is 5.75 Å². The molecule has 0 heterocycles. The average molecular weight is 261 g/mol. The molecular weight excluding hydrogens is 234 g/mol. The van der Waals surface area contributed by atoms with E-state index < -0.39 is 0 Å². The van der Waals surface area contributed by atoms with Gasteiger partial charge < -0.3 is 10.0 Å². The van der Waals surface area contributed by atoms with Crippen molar-refractivity contribution < 1.29 is 5.11 Å². The number of aromatic hydroxyl groups is 1. The highest BCUT2D eigenvalue weighted by molar-refractivity contribution is 5.30. The largest absolute Gasteiger partial charge is 0.508 e. The smallest absolute Gasteiger partial charge is 0.115 e. The Morgan fingerprint density at radius 2 is 1.68 bits per heavy atom. The summed E-state index contributed by atoms with van der Waals surface area (Å²) in [6.45, 7) is 3.54. The van der Waals surface area contributed by atoms with Crippen LogP contribution in [0.1, 0.15) is 50.5 Å². The molecule has 2 heteroatoms. The first-order valence-electron chi connectivity index (χ1n) is 7.45. The van der Waals surface area contributed by atoms with E-state index in [1.165, 1.54) is 37.7 Å². The highest BCUT2D eigenvalue weighted by atomic mass is 16.3. The molecular formula is C17H27NO. The van der Waals surface area contributed by atoms with Crippen molar-refractivity contribution >= 4 is 0 Å². The van der Waals surface area contributed by atoms with Crippen LogP contribution in [-0.4, -0.2) is 30.6 Å². The minimum atomic E-state index is 0.362. The second-order valence-electron chi connectivity index (χ2n) is 6.62. The lowest BCUT2D eigenvalue weighted by molar-refractivity contribution is 0.143. The number of likely N-dealkylation sites (N-methyl/N-ethyl adjacent to an activating group) is 1. The summed E-state index contributed by atoms with van der Waals surface area (Å²) in [5.41, 5.74) is 1.77. The van der Waals surface area contributed by atoms with Gasteiger partial charge in [0.05, 0.1) is 0 Å². The molecule has 0 amide bonds. The molecule has 1 aromatic carbocycles. The second kappa shape index (κ2) is 5.96. The molecule has 1 aromatic rings. The van der Waals surface area contributed by atoms with Crippen LogP contribution in [0.25, 0.3) is 0 Å². The Morgan fingerprint density at radius 1 is 1.11 bits per heavy atom. The zero-order valence-corrected chi connectivity index (χ0v) is 12.5. The van der Waals surface area contributed by atoms with E-state index in [1.807, 2.05) is 12.1 Å². The van der Waals surface area contributed by atoms with Crippen LogP contribution in [0.5, 0.6) is 5.75 Å². The van der Waals surface area contributed by atoms with Crippen molar-refractivity contribution in [3.05, 3.63) is 29.8 Å². The summed E-state index contributed by atoms with van der Waals surface area (Å²) in [5, 5.41) is 9.48. The summed E-state index contributed by atoms with van der Waals surface area (Å²) in [6.07, 6.45) is 6.76. The fourth-order valence-corrected chi connectivity index (χ4v) is 3.51. The molecule has 0 radical (unpaired) electrons. The molecule has 2 nitrogen and oxygen atoms in total. The summed E-state index contributed by atoms with van der Waals surface area (Å²) in [6, 6.07) is 7.85. The third-order valence-electron chi connectivity index (χ3n) is 4.68. The van der Waals surface area contributed by atoms with Crippen molar-refractivity contribution in [3.8, 4) is 5.75 Å². The van der Waals surface area contributed by atoms with Crippen LogP contribution < -0.4 is 0 Å². The van der Waals surface area contributed by atoms with E-state index in [-0.39, 0.29) is 0 Å². The average Bonchev–Trinajstić information content (AvgIpc) is 2.38. The molecule has 2 rings (SSSR count). The van der Waals surface area contributed by atoms with Crippen LogP contribution >= 0.6 is 0 Å². The minimum absolute atomic E-state index is 0.362. The summed E-state index contributed by atoms with van der Waals surface area (Å²) >= 11 is 0. The fourth-order valence-electron chi connectivity index (χ4n) is 3.51. The summed E-state index contributed by atoms with van der Waals surface area (Å²) in [5.74, 6) is 0.921. The third kappa shape index (κ3) is 3.50. The van der Waals surface area contributed by atoms with Gasteiger partial charge in [-0.3, -0.25) is 0 Å². The van der Waals surface area contributed by atoms with Crippen LogP contribution in [-0.2, 0) is 0 Å². The molecule has 1 atom stereocenters. The molecule has 0 spiro atoms. The maximum absolute atomic E-state index is 9.48. The van der Waals surface area contributed by atoms with Crippen molar-refractivity contribution in [3.63, 3.8) is 0 Å². The second-order valence-corrected chi connectivity index (χ2v) is 6.62. The Balaban J connectivity index is 2.26. The van der Waals surface area contributed by atoms with E-state index >= 15 is 0 Å². The van der Waals surface area contributed by atoms with Gasteiger partial charge in [-0.15, -0.1) is 0 Å². The van der Waals surface area contributed by atoms with Gasteiger partial charge in [-0.25, -0.2) is 0 Å². The van der Waals surface area contributed by atoms with Gasteiger partial charge in [-0.1, -0.05) is 38.3 Å². The SMILES string of the molecule is CN(C)CC(c1ccc(O)cc1)C1(C)CCCCC1. The zero-order valence-electron chi connectivity index (χ0n) is 12.5. The van der Waals surface area contributed by atoms with Crippen LogP contribution in [0.3, 0.4) is 0 Å². The highest BCUT2D eigenvalue weighted by Gasteiger charge is 2.36. The molecule has 1 unspecified atom stereocenters. The van der Waals surface area contributed by atoms with E-state index in [1.54, 1.807) is 0 Å². The Hall–Kier alpha value is -1.02. The number of phenols is 1. The van der Waals surface area contributed by atoms with Crippen molar-refractivity contribution in [1.29, 1.82) is 0 Å². The molecule has 0 aromatic heterocycles. The van der Waals surface area contributed by atoms with E-state index in [0.29, 0.717) is 17.1 Å². The van der Waals surface area contributed by atoms with Gasteiger partial charge in [0.2, 0.25) is 0 Å². The van der Waals surface area contributed by atoms with Crippen molar-refractivity contribution in [2.75, 3.05) is 20.6 Å². The van der Waals surface area contributed by atoms with Crippen LogP contribution in [0.15, 0.2) is 24.3 Å². The summed E-state index contributed by atoms with van der Waals surface area (Å²) in [7, 11) is 4.30. The van der Waals surface area contributed by atoms with Gasteiger partial charge in [0.25, 0.3) is 0 Å². The predicted molar refractivity (Wildman–Crippen MR) is 80.6 cm³/mol. The first-order chi connectivity index (χ1) is 9.01. The number of benzene rings is 1. The quantitative estimate of drug-likeness (QED) is 0.885. The molecule has 19 heavy (non-hydrogen) atoms. The van der Waals surface area contributed by atoms with Gasteiger partial charge in [-0.2, -0.15) is 0 Å². The topological polar surface area (TPSA) is 23.5 Å². The minimum Gasteiger partial charge on any atom is -0.508 e. The standard InChI is InChI=1S/C17H27NO/c1-17(11-5-4-6-12-17)16(13-18(2)3)14-7-9-15(19)10-8-14/h7-10,16,19H,4-6,11-13H2,1-3H3. The molecule has 1 fully saturated rings. The number of rotatable bonds is 4. The van der Waals surface area contributed by atoms with E-state index in [2.05, 4.69) is 38.1 Å². The van der Waals surface area contributed by atoms with E-state index in [9.17, 15) is 5.11 Å². The lowest BCUT2D eigenvalue weighted by Crippen LogP contribution is -2.35. The first-order valence-corrected chi connectivity index (χ1v) is 7.45. The van der Waals surface area contributed by atoms with Gasteiger partial charge in [0.15, 0.2) is 0 Å². The Kier molecular flexibility index (Phi) is 4.51. The molecule has 106 valence electrons. The number of nitrogens with zero attached hydrogens (tertiary/aromatic N) is 1. The monoisotopic (exact) mass is 261 g/mol. The zero-order chi connectivity index (χ0) is 13.9. The fraction of sp³-hybridized carbons (Fsp3) is 0.647. The number of hydrogen-bond donors (Lipinski definition) is 1. The van der Waals surface area contributed by atoms with Crippen LogP contribution in [0, 0.1) is 5.41 Å². The van der Waals surface area contributed by atoms with Crippen molar-refractivity contribution in [2.45, 2.75) is 44.9 Å². The van der Waals surface area contributed by atoms with Crippen LogP contribution in [0.4, 0.5) is 0 Å². The molecule has 0 bridgehead atoms. The maximum atomic E-state index is 9.48. The molecule has 0 aliphatic heterocycles. The first kappa shape index (κ1) is 14.4. The summed E-state index contributed by atoms with van der Waals surface area (Å²) < 4.78 is 0. The van der Waals surface area contributed by atoms with Gasteiger partial charge in [0, 0.05) is 12.5 Å². The van der Waals surface area contributed by atoms with Gasteiger partial charge in [-0.05, 0) is 50.0 Å². The Morgan fingerprint density at radius 3 is 2.21 bits per heavy atom. The Labute approximate surface area is 117 Å². The molecule has 1 aliphatic rings. The lowest BCUT2D eigenvalue weighted by atomic mass is 9.65. The van der Waals surface area contributed by atoms with E-state index in [4.69, 9.17) is 0 Å². The third-order valence-corrected chi connectivity index (χ3v) is 4.68. The predicted octanol–water partition coefficient (Wildman–Crippen LogP) is 4.01. The lowest BCUT2D eigenvalue weighted by Gasteiger charge is -2.42. The molecule has 1 aliphatic carbocycles. The van der Waals surface area contributed by atoms with Gasteiger partial charge >= 0.3 is 0 Å². The normalized spacial score (nSPS) is 20.4. The summed E-state index contributed by atoms with van der Waals surface area (Å²) in [4.78, 5) is 2.29. The van der Waals surface area contributed by atoms with Crippen molar-refractivity contribution in [2.24, 2.45) is 5.41 Å². The molecule has 1 saturated carbocycles. The van der Waals surface area contributed by atoms with Crippen molar-refractivity contribution in [1.82, 2.24) is 4.90 Å². The Bertz CT molecular complexity index is 390. The maximum Gasteiger partial charge on any atom is 0.115 e. The molecule has 0 saturated heterocycles. The highest BCUT2D eigenvalue weighted by Crippen LogP contribution is 2.47. The molecule has 1 N–H and O–H groups in total. The number of hydrogen-bond acceptors (Lipinski definition) is 2. The van der Waals surface area contributed by atoms with E-state index in [0.717, 1.165) is 6.54 Å². The number of phenolic OH excluding ortho intramolecular Hbond substituents is 1.